The second kappa shape index (κ2) is 5.13. The van der Waals surface area contributed by atoms with E-state index in [1.54, 1.807) is 0 Å². The topological polar surface area (TPSA) is 52.6 Å². The number of hydrogen-bond acceptors (Lipinski definition) is 4. The molecule has 3 rings (SSSR count). The third-order valence-electron chi connectivity index (χ3n) is 4.11. The summed E-state index contributed by atoms with van der Waals surface area (Å²) in [4.78, 5) is 0. The highest BCUT2D eigenvalue weighted by molar-refractivity contribution is 7.86. The molecule has 4 nitrogen and oxygen atoms in total. The van der Waals surface area contributed by atoms with E-state index in [1.165, 1.54) is 0 Å². The minimum atomic E-state index is -3.39. The van der Waals surface area contributed by atoms with Crippen molar-refractivity contribution in [3.8, 4) is 0 Å². The normalized spacial score (nSPS) is 29.9. The van der Waals surface area contributed by atoms with Gasteiger partial charge in [-0.05, 0) is 24.3 Å². The van der Waals surface area contributed by atoms with Gasteiger partial charge in [-0.1, -0.05) is 30.3 Å². The van der Waals surface area contributed by atoms with Crippen LogP contribution in [0, 0.1) is 5.92 Å². The van der Waals surface area contributed by atoms with Crippen LogP contribution >= 0.6 is 0 Å². The Morgan fingerprint density at radius 2 is 1.85 bits per heavy atom. The predicted octanol–water partition coefficient (Wildman–Crippen LogP) is 2.49. The van der Waals surface area contributed by atoms with E-state index >= 15 is 0 Å². The van der Waals surface area contributed by atoms with Gasteiger partial charge in [0.1, 0.15) is 0 Å². The Bertz CT molecular complexity index is 557. The molecule has 2 fully saturated rings. The van der Waals surface area contributed by atoms with Gasteiger partial charge >= 0.3 is 0 Å². The van der Waals surface area contributed by atoms with Crippen LogP contribution < -0.4 is 0 Å². The van der Waals surface area contributed by atoms with Crippen LogP contribution in [0.2, 0.25) is 0 Å². The lowest BCUT2D eigenvalue weighted by atomic mass is 9.74. The van der Waals surface area contributed by atoms with Crippen LogP contribution in [0.4, 0.5) is 0 Å². The molecule has 1 aromatic rings. The maximum absolute atomic E-state index is 11.4. The monoisotopic (exact) mass is 296 g/mol. The molecule has 0 heterocycles. The smallest absolute Gasteiger partial charge is 0.264 e. The van der Waals surface area contributed by atoms with Gasteiger partial charge in [0.2, 0.25) is 0 Å². The first-order valence-electron chi connectivity index (χ1n) is 7.03. The first kappa shape index (κ1) is 14.0. The van der Waals surface area contributed by atoms with Crippen LogP contribution in [0.1, 0.15) is 31.2 Å². The molecule has 1 aromatic carbocycles. The molecule has 2 aliphatic carbocycles. The van der Waals surface area contributed by atoms with Crippen LogP contribution in [-0.4, -0.2) is 26.4 Å². The minimum absolute atomic E-state index is 0.109. The van der Waals surface area contributed by atoms with E-state index in [-0.39, 0.29) is 6.10 Å². The molecular formula is C15H20O4S. The van der Waals surface area contributed by atoms with Gasteiger partial charge in [0.05, 0.1) is 24.6 Å². The quantitative estimate of drug-likeness (QED) is 0.757. The van der Waals surface area contributed by atoms with Gasteiger partial charge < -0.3 is 4.74 Å². The second-order valence-corrected chi connectivity index (χ2v) is 7.53. The van der Waals surface area contributed by atoms with E-state index in [9.17, 15) is 8.42 Å². The maximum Gasteiger partial charge on any atom is 0.264 e. The summed E-state index contributed by atoms with van der Waals surface area (Å²) in [6.07, 6.45) is 4.77. The number of ether oxygens (including phenoxy) is 1. The fourth-order valence-electron chi connectivity index (χ4n) is 3.00. The van der Waals surface area contributed by atoms with Gasteiger partial charge in [-0.25, -0.2) is 0 Å². The minimum Gasteiger partial charge on any atom is -0.373 e. The van der Waals surface area contributed by atoms with Crippen molar-refractivity contribution >= 4 is 10.1 Å². The third kappa shape index (κ3) is 3.22. The predicted molar refractivity (Wildman–Crippen MR) is 75.6 cm³/mol. The summed E-state index contributed by atoms with van der Waals surface area (Å²) < 4.78 is 34.0. The van der Waals surface area contributed by atoms with Crippen LogP contribution in [-0.2, 0) is 25.6 Å². The van der Waals surface area contributed by atoms with Crippen LogP contribution in [0.25, 0.3) is 0 Å². The summed E-state index contributed by atoms with van der Waals surface area (Å²) in [6, 6.07) is 10.0. The molecule has 0 aromatic heterocycles. The molecule has 0 amide bonds. The first-order chi connectivity index (χ1) is 9.47. The van der Waals surface area contributed by atoms with Gasteiger partial charge in [-0.15, -0.1) is 0 Å². The fourth-order valence-corrected chi connectivity index (χ4v) is 3.87. The van der Waals surface area contributed by atoms with Gasteiger partial charge in [0, 0.05) is 12.8 Å². The zero-order valence-corrected chi connectivity index (χ0v) is 12.4. The molecule has 0 N–H and O–H groups in total. The summed E-state index contributed by atoms with van der Waals surface area (Å²) in [5.41, 5.74) is 0.662. The first-order valence-corrected chi connectivity index (χ1v) is 8.85. The Morgan fingerprint density at radius 1 is 1.20 bits per heavy atom. The average Bonchev–Trinajstić information content (AvgIpc) is 3.16. The molecule has 0 radical (unpaired) electrons. The molecule has 0 unspecified atom stereocenters. The lowest BCUT2D eigenvalue weighted by Crippen LogP contribution is -2.53. The fraction of sp³-hybridized carbons (Fsp3) is 0.600. The molecule has 0 aliphatic heterocycles. The van der Waals surface area contributed by atoms with Crippen molar-refractivity contribution in [2.75, 3.05) is 6.26 Å². The van der Waals surface area contributed by atoms with Gasteiger partial charge in [0.25, 0.3) is 10.1 Å². The van der Waals surface area contributed by atoms with Crippen LogP contribution in [0.3, 0.4) is 0 Å². The van der Waals surface area contributed by atoms with E-state index in [2.05, 4.69) is 0 Å². The van der Waals surface area contributed by atoms with Gasteiger partial charge in [-0.3, -0.25) is 4.18 Å². The van der Waals surface area contributed by atoms with Gasteiger partial charge in [-0.2, -0.15) is 8.42 Å². The highest BCUT2D eigenvalue weighted by Gasteiger charge is 2.57. The zero-order chi connectivity index (χ0) is 14.2. The maximum atomic E-state index is 11.4. The Morgan fingerprint density at radius 3 is 2.40 bits per heavy atom. The van der Waals surface area contributed by atoms with E-state index in [0.29, 0.717) is 25.4 Å². The van der Waals surface area contributed by atoms with Crippen molar-refractivity contribution in [1.29, 1.82) is 0 Å². The Labute approximate surface area is 120 Å². The Hall–Kier alpha value is -0.910. The van der Waals surface area contributed by atoms with Crippen molar-refractivity contribution in [3.63, 3.8) is 0 Å². The van der Waals surface area contributed by atoms with Crippen molar-refractivity contribution in [2.45, 2.75) is 44.0 Å². The van der Waals surface area contributed by atoms with Crippen LogP contribution in [0.15, 0.2) is 30.3 Å². The van der Waals surface area contributed by atoms with Crippen molar-refractivity contribution in [2.24, 2.45) is 5.92 Å². The van der Waals surface area contributed by atoms with Crippen molar-refractivity contribution < 1.29 is 17.3 Å². The second-order valence-electron chi connectivity index (χ2n) is 5.95. The van der Waals surface area contributed by atoms with Crippen LogP contribution in [0.5, 0.6) is 0 Å². The molecule has 20 heavy (non-hydrogen) atoms. The standard InChI is InChI=1S/C15H20O4S/c1-20(16,17)19-15(13-7-8-13)9-14(10-15)18-11-12-5-3-2-4-6-12/h2-6,13-14H,7-11H2,1H3. The van der Waals surface area contributed by atoms with Crippen molar-refractivity contribution in [1.82, 2.24) is 0 Å². The SMILES string of the molecule is CS(=O)(=O)OC1(C2CC2)CC(OCc2ccccc2)C1. The summed E-state index contributed by atoms with van der Waals surface area (Å²) in [5, 5.41) is 0. The highest BCUT2D eigenvalue weighted by atomic mass is 32.2. The zero-order valence-electron chi connectivity index (χ0n) is 11.6. The molecular weight excluding hydrogens is 276 g/mol. The highest BCUT2D eigenvalue weighted by Crippen LogP contribution is 2.54. The molecule has 2 saturated carbocycles. The van der Waals surface area contributed by atoms with Crippen molar-refractivity contribution in [3.05, 3.63) is 35.9 Å². The molecule has 2 aliphatic rings. The summed E-state index contributed by atoms with van der Waals surface area (Å²) in [5.74, 6) is 0.397. The molecule has 0 spiro atoms. The number of benzene rings is 1. The van der Waals surface area contributed by atoms with E-state index in [1.807, 2.05) is 30.3 Å². The molecule has 0 atom stereocenters. The van der Waals surface area contributed by atoms with E-state index in [4.69, 9.17) is 8.92 Å². The van der Waals surface area contributed by atoms with Gasteiger partial charge in [0.15, 0.2) is 0 Å². The lowest BCUT2D eigenvalue weighted by Gasteiger charge is -2.46. The Kier molecular flexibility index (Phi) is 3.60. The number of rotatable bonds is 6. The molecule has 0 saturated heterocycles. The largest absolute Gasteiger partial charge is 0.373 e. The molecule has 0 bridgehead atoms. The molecule has 110 valence electrons. The lowest BCUT2D eigenvalue weighted by molar-refractivity contribution is -0.137. The third-order valence-corrected chi connectivity index (χ3v) is 4.75. The average molecular weight is 296 g/mol. The van der Waals surface area contributed by atoms with E-state index < -0.39 is 15.7 Å². The van der Waals surface area contributed by atoms with E-state index in [0.717, 1.165) is 24.7 Å². The number of hydrogen-bond donors (Lipinski definition) is 0. The summed E-state index contributed by atoms with van der Waals surface area (Å²) in [7, 11) is -3.39. The summed E-state index contributed by atoms with van der Waals surface area (Å²) in [6.45, 7) is 0.575. The molecule has 5 heteroatoms. The Balaban J connectivity index is 1.53. The summed E-state index contributed by atoms with van der Waals surface area (Å²) >= 11 is 0.